The third-order valence-corrected chi connectivity index (χ3v) is 5.96. The Morgan fingerprint density at radius 1 is 1.03 bits per heavy atom. The first-order valence-electron chi connectivity index (χ1n) is 11.8. The number of benzene rings is 1. The van der Waals surface area contributed by atoms with E-state index in [1.54, 1.807) is 24.5 Å². The van der Waals surface area contributed by atoms with E-state index in [1.807, 2.05) is 43.4 Å². The quantitative estimate of drug-likeness (QED) is 0.225. The Kier molecular flexibility index (Phi) is 6.21. The van der Waals surface area contributed by atoms with Gasteiger partial charge in [0, 0.05) is 39.8 Å². The lowest BCUT2D eigenvalue weighted by atomic mass is 10.1. The molecular formula is C29H27FN6. The van der Waals surface area contributed by atoms with Crippen LogP contribution in [0, 0.1) is 5.82 Å². The lowest BCUT2D eigenvalue weighted by Gasteiger charge is -2.12. The highest BCUT2D eigenvalue weighted by Crippen LogP contribution is 2.33. The second kappa shape index (κ2) is 9.62. The molecule has 0 amide bonds. The van der Waals surface area contributed by atoms with Crippen molar-refractivity contribution in [3.05, 3.63) is 96.9 Å². The third kappa shape index (κ3) is 4.43. The minimum atomic E-state index is -0.274. The highest BCUT2D eigenvalue weighted by molar-refractivity contribution is 6.00. The topological polar surface area (TPSA) is 82.3 Å². The molecule has 0 saturated heterocycles. The van der Waals surface area contributed by atoms with Gasteiger partial charge in [-0.05, 0) is 81.0 Å². The van der Waals surface area contributed by atoms with Crippen LogP contribution in [-0.2, 0) is 0 Å². The normalized spacial score (nSPS) is 12.6. The number of aromatic nitrogens is 5. The molecule has 0 fully saturated rings. The fourth-order valence-electron chi connectivity index (χ4n) is 4.26. The van der Waals surface area contributed by atoms with Crippen molar-refractivity contribution in [3.8, 4) is 22.6 Å². The molecule has 0 aliphatic heterocycles. The van der Waals surface area contributed by atoms with Crippen LogP contribution in [0.2, 0.25) is 0 Å². The van der Waals surface area contributed by atoms with Crippen molar-refractivity contribution in [2.45, 2.75) is 26.8 Å². The Morgan fingerprint density at radius 3 is 2.53 bits per heavy atom. The van der Waals surface area contributed by atoms with Gasteiger partial charge in [0.05, 0.1) is 28.8 Å². The maximum atomic E-state index is 13.5. The van der Waals surface area contributed by atoms with Crippen LogP contribution in [0.4, 0.5) is 4.39 Å². The van der Waals surface area contributed by atoms with Gasteiger partial charge >= 0.3 is 0 Å². The molecule has 1 aromatic carbocycles. The van der Waals surface area contributed by atoms with Gasteiger partial charge in [0.15, 0.2) is 0 Å². The summed E-state index contributed by atoms with van der Waals surface area (Å²) in [5, 5.41) is 13.0. The smallest absolute Gasteiger partial charge is 0.123 e. The fraction of sp³-hybridized carbons (Fsp3) is 0.138. The fourth-order valence-corrected chi connectivity index (χ4v) is 4.26. The van der Waals surface area contributed by atoms with Gasteiger partial charge in [-0.15, -0.1) is 0 Å². The zero-order chi connectivity index (χ0) is 25.2. The van der Waals surface area contributed by atoms with E-state index in [-0.39, 0.29) is 5.82 Å². The van der Waals surface area contributed by atoms with E-state index >= 15 is 0 Å². The maximum Gasteiger partial charge on any atom is 0.123 e. The van der Waals surface area contributed by atoms with Crippen molar-refractivity contribution >= 4 is 27.4 Å². The number of fused-ring (bicyclic) bond motifs is 2. The molecule has 5 aromatic rings. The largest absolute Gasteiger partial charge is 0.383 e. The molecule has 3 N–H and O–H groups in total. The first-order valence-corrected chi connectivity index (χ1v) is 11.8. The van der Waals surface area contributed by atoms with Gasteiger partial charge in [0.1, 0.15) is 11.5 Å². The molecule has 180 valence electrons. The highest BCUT2D eigenvalue weighted by Gasteiger charge is 2.15. The summed E-state index contributed by atoms with van der Waals surface area (Å²) in [4.78, 5) is 12.7. The van der Waals surface area contributed by atoms with Crippen LogP contribution in [0.5, 0.6) is 0 Å². The predicted molar refractivity (Wildman–Crippen MR) is 145 cm³/mol. The zero-order valence-electron chi connectivity index (χ0n) is 20.4. The van der Waals surface area contributed by atoms with Crippen molar-refractivity contribution < 1.29 is 4.39 Å². The number of aromatic amines is 2. The Labute approximate surface area is 208 Å². The average molecular weight is 479 g/mol. The molecule has 0 aliphatic rings. The van der Waals surface area contributed by atoms with E-state index < -0.39 is 0 Å². The predicted octanol–water partition coefficient (Wildman–Crippen LogP) is 6.78. The minimum absolute atomic E-state index is 0.274. The van der Waals surface area contributed by atoms with Crippen molar-refractivity contribution in [3.63, 3.8) is 0 Å². The first kappa shape index (κ1) is 23.2. The van der Waals surface area contributed by atoms with E-state index in [0.717, 1.165) is 61.4 Å². The average Bonchev–Trinajstić information content (AvgIpc) is 3.50. The van der Waals surface area contributed by atoms with E-state index in [1.165, 1.54) is 12.1 Å². The summed E-state index contributed by atoms with van der Waals surface area (Å²) in [6.07, 6.45) is 9.44. The van der Waals surface area contributed by atoms with E-state index in [4.69, 9.17) is 0 Å². The molecule has 0 spiro atoms. The molecule has 36 heavy (non-hydrogen) atoms. The molecule has 0 radical (unpaired) electrons. The number of rotatable bonds is 7. The van der Waals surface area contributed by atoms with Gasteiger partial charge in [-0.3, -0.25) is 15.1 Å². The number of pyridine rings is 2. The van der Waals surface area contributed by atoms with Gasteiger partial charge in [-0.1, -0.05) is 12.7 Å². The number of nitrogens with zero attached hydrogens (tertiary/aromatic N) is 3. The highest BCUT2D eigenvalue weighted by atomic mass is 19.1. The van der Waals surface area contributed by atoms with Gasteiger partial charge in [-0.2, -0.15) is 5.10 Å². The minimum Gasteiger partial charge on any atom is -0.383 e. The monoisotopic (exact) mass is 478 g/mol. The molecule has 6 nitrogen and oxygen atoms in total. The van der Waals surface area contributed by atoms with Gasteiger partial charge in [0.25, 0.3) is 0 Å². The second-order valence-corrected chi connectivity index (χ2v) is 8.84. The SMILES string of the molecule is C=C/C(=C\C(=C/C)c1cc2c(-c3cc4c(-c5ccc(F)cc5)nccc4[nH]3)n[nH]c2cn1)NC(C)C. The number of H-pyrrole nitrogens is 2. The summed E-state index contributed by atoms with van der Waals surface area (Å²) >= 11 is 0. The van der Waals surface area contributed by atoms with Crippen LogP contribution < -0.4 is 5.32 Å². The Balaban J connectivity index is 1.58. The summed E-state index contributed by atoms with van der Waals surface area (Å²) in [7, 11) is 0. The van der Waals surface area contributed by atoms with Crippen LogP contribution in [0.3, 0.4) is 0 Å². The van der Waals surface area contributed by atoms with E-state index in [0.29, 0.717) is 6.04 Å². The van der Waals surface area contributed by atoms with Crippen LogP contribution >= 0.6 is 0 Å². The molecular weight excluding hydrogens is 451 g/mol. The van der Waals surface area contributed by atoms with Gasteiger partial charge in [0.2, 0.25) is 0 Å². The van der Waals surface area contributed by atoms with E-state index in [9.17, 15) is 4.39 Å². The van der Waals surface area contributed by atoms with Crippen molar-refractivity contribution in [1.29, 1.82) is 0 Å². The van der Waals surface area contributed by atoms with E-state index in [2.05, 4.69) is 50.9 Å². The van der Waals surface area contributed by atoms with Crippen LogP contribution in [0.1, 0.15) is 26.5 Å². The lowest BCUT2D eigenvalue weighted by Crippen LogP contribution is -2.20. The summed E-state index contributed by atoms with van der Waals surface area (Å²) < 4.78 is 13.5. The molecule has 7 heteroatoms. The van der Waals surface area contributed by atoms with Crippen LogP contribution in [-0.4, -0.2) is 31.2 Å². The molecule has 4 heterocycles. The number of allylic oxidation sites excluding steroid dienone is 4. The Hall–Kier alpha value is -4.52. The summed E-state index contributed by atoms with van der Waals surface area (Å²) in [6, 6.07) is 12.7. The summed E-state index contributed by atoms with van der Waals surface area (Å²) in [5.74, 6) is -0.274. The summed E-state index contributed by atoms with van der Waals surface area (Å²) in [6.45, 7) is 10.1. The molecule has 5 rings (SSSR count). The van der Waals surface area contributed by atoms with Crippen LogP contribution in [0.15, 0.2) is 85.4 Å². The number of hydrogen-bond donors (Lipinski definition) is 3. The van der Waals surface area contributed by atoms with Gasteiger partial charge in [-0.25, -0.2) is 4.39 Å². The molecule has 0 aliphatic carbocycles. The number of halogens is 1. The number of hydrogen-bond acceptors (Lipinski definition) is 4. The Bertz CT molecular complexity index is 1620. The van der Waals surface area contributed by atoms with Crippen LogP contribution in [0.25, 0.3) is 50.0 Å². The zero-order valence-corrected chi connectivity index (χ0v) is 20.4. The number of nitrogens with one attached hydrogen (secondary N) is 3. The first-order chi connectivity index (χ1) is 17.5. The van der Waals surface area contributed by atoms with Gasteiger partial charge < -0.3 is 10.3 Å². The van der Waals surface area contributed by atoms with Crippen molar-refractivity contribution in [2.75, 3.05) is 0 Å². The maximum absolute atomic E-state index is 13.5. The molecule has 0 atom stereocenters. The second-order valence-electron chi connectivity index (χ2n) is 8.84. The molecule has 0 unspecified atom stereocenters. The lowest BCUT2D eigenvalue weighted by molar-refractivity contribution is 0.628. The summed E-state index contributed by atoms with van der Waals surface area (Å²) in [5.41, 5.74) is 7.80. The third-order valence-electron chi connectivity index (χ3n) is 5.96. The molecule has 0 bridgehead atoms. The standard InChI is InChI=1S/C29H27FN6/c1-5-18(13-21(6-2)33-17(3)4)25-14-23-27(16-32-25)35-36-29(23)26-15-22-24(34-26)11-12-31-28(22)19-7-9-20(30)10-8-19/h5-17,33-34H,2H2,1,3-4H3,(H,35,36)/b18-5+,21-13+. The molecule has 0 saturated carbocycles. The molecule has 4 aromatic heterocycles. The van der Waals surface area contributed by atoms with Crippen molar-refractivity contribution in [2.24, 2.45) is 0 Å². The van der Waals surface area contributed by atoms with Crippen molar-refractivity contribution in [1.82, 2.24) is 30.5 Å². The Morgan fingerprint density at radius 2 is 1.81 bits per heavy atom.